The van der Waals surface area contributed by atoms with Crippen molar-refractivity contribution in [1.29, 1.82) is 0 Å². The van der Waals surface area contributed by atoms with Gasteiger partial charge in [0, 0.05) is 11.1 Å². The van der Waals surface area contributed by atoms with E-state index in [9.17, 15) is 0 Å². The molecule has 0 unspecified atom stereocenters. The minimum Gasteiger partial charge on any atom is -0.494 e. The van der Waals surface area contributed by atoms with Crippen LogP contribution in [0.5, 0.6) is 5.75 Å². The Balaban J connectivity index is 1.33. The van der Waals surface area contributed by atoms with Gasteiger partial charge in [-0.2, -0.15) is 0 Å². The average molecular weight is 439 g/mol. The SMILES string of the molecule is CCCCCC[C@H]1CC[C@H](c2ccc(C#Cc3ccc4cc(OCC)ccc4c3)cc2)CC1. The summed E-state index contributed by atoms with van der Waals surface area (Å²) < 4.78 is 5.60. The van der Waals surface area contributed by atoms with Gasteiger partial charge in [0.2, 0.25) is 0 Å². The molecule has 0 N–H and O–H groups in total. The minimum absolute atomic E-state index is 0.689. The monoisotopic (exact) mass is 438 g/mol. The molecular formula is C32H38O. The third-order valence-electron chi connectivity index (χ3n) is 7.17. The van der Waals surface area contributed by atoms with Crippen molar-refractivity contribution in [1.82, 2.24) is 0 Å². The normalized spacial score (nSPS) is 18.0. The Kier molecular flexibility index (Phi) is 8.48. The average Bonchev–Trinajstić information content (AvgIpc) is 2.86. The van der Waals surface area contributed by atoms with E-state index < -0.39 is 0 Å². The van der Waals surface area contributed by atoms with Crippen LogP contribution in [-0.4, -0.2) is 6.61 Å². The Bertz CT molecular complexity index is 1070. The molecule has 0 amide bonds. The fraction of sp³-hybridized carbons (Fsp3) is 0.438. The summed E-state index contributed by atoms with van der Waals surface area (Å²) in [5.74, 6) is 9.32. The quantitative estimate of drug-likeness (QED) is 0.252. The van der Waals surface area contributed by atoms with Crippen molar-refractivity contribution in [2.24, 2.45) is 5.92 Å². The van der Waals surface area contributed by atoms with E-state index in [0.717, 1.165) is 28.7 Å². The Morgan fingerprint density at radius 2 is 1.42 bits per heavy atom. The summed E-state index contributed by atoms with van der Waals surface area (Å²) in [7, 11) is 0. The maximum absolute atomic E-state index is 5.60. The summed E-state index contributed by atoms with van der Waals surface area (Å²) in [5.41, 5.74) is 3.64. The summed E-state index contributed by atoms with van der Waals surface area (Å²) in [4.78, 5) is 0. The zero-order valence-electron chi connectivity index (χ0n) is 20.4. The van der Waals surface area contributed by atoms with Gasteiger partial charge < -0.3 is 4.74 Å². The number of rotatable bonds is 8. The van der Waals surface area contributed by atoms with Crippen LogP contribution >= 0.6 is 0 Å². The predicted molar refractivity (Wildman–Crippen MR) is 141 cm³/mol. The molecule has 1 aliphatic rings. The predicted octanol–water partition coefficient (Wildman–Crippen LogP) is 8.88. The van der Waals surface area contributed by atoms with Gasteiger partial charge in [-0.1, -0.05) is 75.1 Å². The largest absolute Gasteiger partial charge is 0.494 e. The molecular weight excluding hydrogens is 400 g/mol. The number of hydrogen-bond donors (Lipinski definition) is 0. The molecule has 0 aliphatic heterocycles. The van der Waals surface area contributed by atoms with E-state index in [4.69, 9.17) is 4.74 Å². The fourth-order valence-electron chi connectivity index (χ4n) is 5.19. The summed E-state index contributed by atoms with van der Waals surface area (Å²) in [6.07, 6.45) is 12.6. The van der Waals surface area contributed by atoms with Gasteiger partial charge in [0.25, 0.3) is 0 Å². The van der Waals surface area contributed by atoms with Crippen molar-refractivity contribution in [3.05, 3.63) is 77.4 Å². The van der Waals surface area contributed by atoms with Crippen molar-refractivity contribution in [2.75, 3.05) is 6.61 Å². The highest BCUT2D eigenvalue weighted by molar-refractivity contribution is 5.85. The standard InChI is InChI=1S/C32H38O/c1-3-5-6-7-8-25-11-16-28(17-12-25)29-18-13-26(14-19-29)9-10-27-15-20-31-24-32(33-4-2)22-21-30(31)23-27/h13-15,18-25,28H,3-8,11-12,16-17H2,1-2H3/t25-,28-. The van der Waals surface area contributed by atoms with Gasteiger partial charge in [-0.05, 0) is 97.2 Å². The molecule has 1 saturated carbocycles. The smallest absolute Gasteiger partial charge is 0.119 e. The Labute approximate surface area is 200 Å². The second-order valence-electron chi connectivity index (χ2n) is 9.60. The van der Waals surface area contributed by atoms with E-state index in [1.807, 2.05) is 13.0 Å². The van der Waals surface area contributed by atoms with Crippen LogP contribution in [0, 0.1) is 17.8 Å². The first-order valence-electron chi connectivity index (χ1n) is 13.0. The highest BCUT2D eigenvalue weighted by atomic mass is 16.5. The van der Waals surface area contributed by atoms with Crippen LogP contribution in [-0.2, 0) is 0 Å². The fourth-order valence-corrected chi connectivity index (χ4v) is 5.19. The molecule has 4 rings (SSSR count). The molecule has 0 radical (unpaired) electrons. The molecule has 1 nitrogen and oxygen atoms in total. The second kappa shape index (κ2) is 11.9. The van der Waals surface area contributed by atoms with Crippen molar-refractivity contribution in [2.45, 2.75) is 77.6 Å². The van der Waals surface area contributed by atoms with Gasteiger partial charge in [-0.3, -0.25) is 0 Å². The Hall–Kier alpha value is -2.72. The van der Waals surface area contributed by atoms with Crippen molar-refractivity contribution < 1.29 is 4.74 Å². The molecule has 0 bridgehead atoms. The Morgan fingerprint density at radius 1 is 0.727 bits per heavy atom. The topological polar surface area (TPSA) is 9.23 Å². The molecule has 0 aromatic heterocycles. The molecule has 33 heavy (non-hydrogen) atoms. The highest BCUT2D eigenvalue weighted by Crippen LogP contribution is 2.37. The van der Waals surface area contributed by atoms with Crippen molar-refractivity contribution in [3.63, 3.8) is 0 Å². The maximum Gasteiger partial charge on any atom is 0.119 e. The van der Waals surface area contributed by atoms with Crippen LogP contribution in [0.15, 0.2) is 60.7 Å². The molecule has 0 spiro atoms. The van der Waals surface area contributed by atoms with Gasteiger partial charge >= 0.3 is 0 Å². The van der Waals surface area contributed by atoms with Crippen LogP contribution in [0.4, 0.5) is 0 Å². The van der Waals surface area contributed by atoms with Gasteiger partial charge in [0.05, 0.1) is 6.61 Å². The van der Waals surface area contributed by atoms with Crippen molar-refractivity contribution >= 4 is 10.8 Å². The van der Waals surface area contributed by atoms with Crippen LogP contribution in [0.1, 0.15) is 94.2 Å². The van der Waals surface area contributed by atoms with Crippen LogP contribution < -0.4 is 4.74 Å². The lowest BCUT2D eigenvalue weighted by atomic mass is 9.77. The summed E-state index contributed by atoms with van der Waals surface area (Å²) >= 11 is 0. The van der Waals surface area contributed by atoms with E-state index in [1.54, 1.807) is 0 Å². The van der Waals surface area contributed by atoms with Crippen LogP contribution in [0.25, 0.3) is 10.8 Å². The van der Waals surface area contributed by atoms with Crippen molar-refractivity contribution in [3.8, 4) is 17.6 Å². The van der Waals surface area contributed by atoms with Gasteiger partial charge in [-0.25, -0.2) is 0 Å². The molecule has 172 valence electrons. The minimum atomic E-state index is 0.689. The third-order valence-corrected chi connectivity index (χ3v) is 7.17. The van der Waals surface area contributed by atoms with Crippen LogP contribution in [0.2, 0.25) is 0 Å². The number of unbranched alkanes of at least 4 members (excludes halogenated alkanes) is 3. The summed E-state index contributed by atoms with van der Waals surface area (Å²) in [5, 5.41) is 2.38. The molecule has 1 heteroatoms. The lowest BCUT2D eigenvalue weighted by Gasteiger charge is -2.29. The first-order valence-corrected chi connectivity index (χ1v) is 13.0. The van der Waals surface area contributed by atoms with Gasteiger partial charge in [-0.15, -0.1) is 0 Å². The molecule has 1 fully saturated rings. The third kappa shape index (κ3) is 6.64. The van der Waals surface area contributed by atoms with E-state index >= 15 is 0 Å². The molecule has 0 heterocycles. The number of fused-ring (bicyclic) bond motifs is 1. The molecule has 0 saturated heterocycles. The molecule has 3 aromatic rings. The van der Waals surface area contributed by atoms with E-state index in [0.29, 0.717) is 6.61 Å². The first kappa shape index (κ1) is 23.4. The Morgan fingerprint density at radius 3 is 2.18 bits per heavy atom. The maximum atomic E-state index is 5.60. The number of hydrogen-bond acceptors (Lipinski definition) is 1. The molecule has 1 aliphatic carbocycles. The summed E-state index contributed by atoms with van der Waals surface area (Å²) in [6.45, 7) is 4.99. The van der Waals surface area contributed by atoms with E-state index in [1.165, 1.54) is 74.1 Å². The van der Waals surface area contributed by atoms with Crippen LogP contribution in [0.3, 0.4) is 0 Å². The molecule has 0 atom stereocenters. The van der Waals surface area contributed by atoms with Gasteiger partial charge in [0.15, 0.2) is 0 Å². The first-order chi connectivity index (χ1) is 16.2. The van der Waals surface area contributed by atoms with E-state index in [-0.39, 0.29) is 0 Å². The van der Waals surface area contributed by atoms with E-state index in [2.05, 4.69) is 73.4 Å². The summed E-state index contributed by atoms with van der Waals surface area (Å²) in [6, 6.07) is 21.6. The zero-order chi connectivity index (χ0) is 22.9. The lowest BCUT2D eigenvalue weighted by Crippen LogP contribution is -2.13. The lowest BCUT2D eigenvalue weighted by molar-refractivity contribution is 0.302. The second-order valence-corrected chi connectivity index (χ2v) is 9.60. The number of benzene rings is 3. The highest BCUT2D eigenvalue weighted by Gasteiger charge is 2.21. The molecule has 3 aromatic carbocycles. The zero-order valence-corrected chi connectivity index (χ0v) is 20.4. The van der Waals surface area contributed by atoms with Gasteiger partial charge in [0.1, 0.15) is 5.75 Å². The number of ether oxygens (including phenoxy) is 1.